The Morgan fingerprint density at radius 3 is 2.56 bits per heavy atom. The number of nitrogens with zero attached hydrogens (tertiary/aromatic N) is 1. The van der Waals surface area contributed by atoms with Gasteiger partial charge in [0.05, 0.1) is 5.92 Å². The quantitative estimate of drug-likeness (QED) is 0.786. The first-order chi connectivity index (χ1) is 8.18. The number of hydrogen-bond acceptors (Lipinski definition) is 3. The average Bonchev–Trinajstić information content (AvgIpc) is 2.78. The van der Waals surface area contributed by atoms with Gasteiger partial charge in [-0.2, -0.15) is 0 Å². The maximum absolute atomic E-state index is 13.6. The van der Waals surface area contributed by atoms with Crippen LogP contribution in [0.5, 0.6) is 0 Å². The Kier molecular flexibility index (Phi) is 3.04. The highest BCUT2D eigenvalue weighted by atomic mass is 19.3. The van der Waals surface area contributed by atoms with Crippen molar-refractivity contribution in [2.45, 2.75) is 57.2 Å². The standard InChI is InChI=1S/C12H20F2N2O2/c1-11(2,3)18-10(17)16-7(6-15)4-5-8-9(16)12(8,13)14/h7-9H,4-6,15H2,1-3H3/t7-,8?,9?/m1/s1. The Labute approximate surface area is 105 Å². The van der Waals surface area contributed by atoms with Gasteiger partial charge in [0.15, 0.2) is 0 Å². The van der Waals surface area contributed by atoms with Gasteiger partial charge in [-0.3, -0.25) is 4.90 Å². The molecule has 0 aromatic carbocycles. The molecule has 2 unspecified atom stereocenters. The molecule has 0 aromatic rings. The molecule has 1 aliphatic carbocycles. The third-order valence-electron chi connectivity index (χ3n) is 3.54. The first-order valence-corrected chi connectivity index (χ1v) is 6.27. The number of likely N-dealkylation sites (tertiary alicyclic amines) is 1. The van der Waals surface area contributed by atoms with Crippen molar-refractivity contribution >= 4 is 6.09 Å². The molecule has 0 aromatic heterocycles. The van der Waals surface area contributed by atoms with Crippen LogP contribution < -0.4 is 5.73 Å². The SMILES string of the molecule is CC(C)(C)OC(=O)N1C2C(CC[C@@H]1CN)C2(F)F. The molecule has 1 amide bonds. The molecule has 1 saturated carbocycles. The molecule has 6 heteroatoms. The number of amides is 1. The molecule has 0 radical (unpaired) electrons. The van der Waals surface area contributed by atoms with Gasteiger partial charge < -0.3 is 10.5 Å². The molecule has 4 nitrogen and oxygen atoms in total. The summed E-state index contributed by atoms with van der Waals surface area (Å²) in [6.45, 7) is 5.34. The number of alkyl halides is 2. The maximum Gasteiger partial charge on any atom is 0.411 e. The van der Waals surface area contributed by atoms with Gasteiger partial charge in [0.25, 0.3) is 5.92 Å². The molecule has 1 aliphatic heterocycles. The number of piperidine rings is 1. The number of ether oxygens (including phenoxy) is 1. The second kappa shape index (κ2) is 4.05. The fourth-order valence-corrected chi connectivity index (χ4v) is 2.65. The Morgan fingerprint density at radius 1 is 1.44 bits per heavy atom. The van der Waals surface area contributed by atoms with E-state index in [-0.39, 0.29) is 12.6 Å². The van der Waals surface area contributed by atoms with Crippen molar-refractivity contribution in [3.63, 3.8) is 0 Å². The van der Waals surface area contributed by atoms with Crippen LogP contribution in [-0.2, 0) is 4.74 Å². The fraction of sp³-hybridized carbons (Fsp3) is 0.917. The minimum absolute atomic E-state index is 0.193. The van der Waals surface area contributed by atoms with Crippen LogP contribution in [0.3, 0.4) is 0 Å². The van der Waals surface area contributed by atoms with Crippen LogP contribution in [0.2, 0.25) is 0 Å². The molecule has 1 saturated heterocycles. The van der Waals surface area contributed by atoms with Gasteiger partial charge in [-0.25, -0.2) is 13.6 Å². The molecule has 0 bridgehead atoms. The van der Waals surface area contributed by atoms with Gasteiger partial charge >= 0.3 is 6.09 Å². The third-order valence-corrected chi connectivity index (χ3v) is 3.54. The maximum atomic E-state index is 13.6. The topological polar surface area (TPSA) is 55.6 Å². The number of fused-ring (bicyclic) bond motifs is 1. The molecule has 2 fully saturated rings. The van der Waals surface area contributed by atoms with E-state index in [0.29, 0.717) is 12.8 Å². The van der Waals surface area contributed by atoms with E-state index in [1.807, 2.05) is 0 Å². The minimum Gasteiger partial charge on any atom is -0.444 e. The van der Waals surface area contributed by atoms with Gasteiger partial charge in [-0.05, 0) is 33.6 Å². The highest BCUT2D eigenvalue weighted by Gasteiger charge is 2.73. The Hall–Kier alpha value is -0.910. The highest BCUT2D eigenvalue weighted by molar-refractivity contribution is 5.70. The van der Waals surface area contributed by atoms with Crippen LogP contribution in [0.1, 0.15) is 33.6 Å². The number of hydrogen-bond donors (Lipinski definition) is 1. The van der Waals surface area contributed by atoms with E-state index in [0.717, 1.165) is 0 Å². The molecular weight excluding hydrogens is 242 g/mol. The minimum atomic E-state index is -2.78. The number of halogens is 2. The predicted molar refractivity (Wildman–Crippen MR) is 62.4 cm³/mol. The van der Waals surface area contributed by atoms with Crippen LogP contribution >= 0.6 is 0 Å². The molecule has 2 N–H and O–H groups in total. The van der Waals surface area contributed by atoms with E-state index in [2.05, 4.69) is 0 Å². The molecule has 2 aliphatic rings. The van der Waals surface area contributed by atoms with Crippen molar-refractivity contribution in [2.75, 3.05) is 6.54 Å². The summed E-state index contributed by atoms with van der Waals surface area (Å²) in [7, 11) is 0. The van der Waals surface area contributed by atoms with E-state index in [1.165, 1.54) is 4.90 Å². The van der Waals surface area contributed by atoms with Crippen LogP contribution in [0.25, 0.3) is 0 Å². The number of nitrogens with two attached hydrogens (primary N) is 1. The summed E-state index contributed by atoms with van der Waals surface area (Å²) >= 11 is 0. The summed E-state index contributed by atoms with van der Waals surface area (Å²) in [5.41, 5.74) is 4.88. The Balaban J connectivity index is 2.14. The van der Waals surface area contributed by atoms with Crippen molar-refractivity contribution in [1.82, 2.24) is 4.90 Å². The zero-order valence-electron chi connectivity index (χ0n) is 11.0. The third kappa shape index (κ3) is 2.18. The fourth-order valence-electron chi connectivity index (χ4n) is 2.65. The normalized spacial score (nSPS) is 33.9. The zero-order chi connectivity index (χ0) is 13.7. The summed E-state index contributed by atoms with van der Waals surface area (Å²) < 4.78 is 32.3. The van der Waals surface area contributed by atoms with Crippen molar-refractivity contribution in [3.05, 3.63) is 0 Å². The van der Waals surface area contributed by atoms with Gasteiger partial charge in [0.2, 0.25) is 0 Å². The van der Waals surface area contributed by atoms with Gasteiger partial charge in [0.1, 0.15) is 11.6 Å². The van der Waals surface area contributed by atoms with E-state index in [9.17, 15) is 13.6 Å². The first kappa shape index (κ1) is 13.5. The molecular formula is C12H20F2N2O2. The van der Waals surface area contributed by atoms with Crippen molar-refractivity contribution < 1.29 is 18.3 Å². The van der Waals surface area contributed by atoms with Crippen LogP contribution in [0, 0.1) is 5.92 Å². The Bertz CT molecular complexity index is 354. The van der Waals surface area contributed by atoms with E-state index >= 15 is 0 Å². The summed E-state index contributed by atoms with van der Waals surface area (Å²) in [6, 6.07) is -1.36. The predicted octanol–water partition coefficient (Wildman–Crippen LogP) is 1.98. The summed E-state index contributed by atoms with van der Waals surface area (Å²) in [5, 5.41) is 0. The van der Waals surface area contributed by atoms with E-state index in [4.69, 9.17) is 10.5 Å². The lowest BCUT2D eigenvalue weighted by Gasteiger charge is -2.35. The van der Waals surface area contributed by atoms with E-state index < -0.39 is 29.6 Å². The van der Waals surface area contributed by atoms with Gasteiger partial charge in [0, 0.05) is 12.6 Å². The number of carbonyl (C=O) groups excluding carboxylic acids is 1. The number of carbonyl (C=O) groups is 1. The summed E-state index contributed by atoms with van der Waals surface area (Å²) in [6.07, 6.45) is 0.274. The molecule has 0 spiro atoms. The summed E-state index contributed by atoms with van der Waals surface area (Å²) in [5.74, 6) is -3.49. The van der Waals surface area contributed by atoms with Crippen LogP contribution in [0.4, 0.5) is 13.6 Å². The molecule has 3 atom stereocenters. The van der Waals surface area contributed by atoms with Crippen LogP contribution in [-0.4, -0.2) is 41.1 Å². The Morgan fingerprint density at radius 2 is 2.06 bits per heavy atom. The highest BCUT2D eigenvalue weighted by Crippen LogP contribution is 2.58. The lowest BCUT2D eigenvalue weighted by Crippen LogP contribution is -2.51. The monoisotopic (exact) mass is 262 g/mol. The van der Waals surface area contributed by atoms with Gasteiger partial charge in [-0.15, -0.1) is 0 Å². The lowest BCUT2D eigenvalue weighted by molar-refractivity contribution is -0.00187. The van der Waals surface area contributed by atoms with Crippen molar-refractivity contribution in [1.29, 1.82) is 0 Å². The average molecular weight is 262 g/mol. The molecule has 1 heterocycles. The first-order valence-electron chi connectivity index (χ1n) is 6.27. The van der Waals surface area contributed by atoms with Crippen molar-refractivity contribution in [3.8, 4) is 0 Å². The number of rotatable bonds is 1. The molecule has 18 heavy (non-hydrogen) atoms. The largest absolute Gasteiger partial charge is 0.444 e. The van der Waals surface area contributed by atoms with Gasteiger partial charge in [-0.1, -0.05) is 0 Å². The molecule has 104 valence electrons. The summed E-state index contributed by atoms with van der Waals surface area (Å²) in [4.78, 5) is 13.2. The van der Waals surface area contributed by atoms with Crippen molar-refractivity contribution in [2.24, 2.45) is 11.7 Å². The second-order valence-electron chi connectivity index (χ2n) is 6.08. The van der Waals surface area contributed by atoms with E-state index in [1.54, 1.807) is 20.8 Å². The lowest BCUT2D eigenvalue weighted by atomic mass is 10.0. The zero-order valence-corrected chi connectivity index (χ0v) is 11.0. The smallest absolute Gasteiger partial charge is 0.411 e. The molecule has 2 rings (SSSR count). The second-order valence-corrected chi connectivity index (χ2v) is 6.08. The van der Waals surface area contributed by atoms with Crippen LogP contribution in [0.15, 0.2) is 0 Å².